The van der Waals surface area contributed by atoms with Crippen LogP contribution in [0.3, 0.4) is 0 Å². The van der Waals surface area contributed by atoms with E-state index in [1.165, 1.54) is 22.2 Å². The molecule has 0 unspecified atom stereocenters. The third-order valence-corrected chi connectivity index (χ3v) is 3.55. The summed E-state index contributed by atoms with van der Waals surface area (Å²) in [5.41, 5.74) is 5.22. The molecule has 19 heavy (non-hydrogen) atoms. The zero-order valence-corrected chi connectivity index (χ0v) is 12.1. The molecule has 2 aromatic rings. The molecule has 0 nitrogen and oxygen atoms in total. The Balaban J connectivity index is 2.19. The van der Waals surface area contributed by atoms with Gasteiger partial charge in [0.15, 0.2) is 7.28 Å². The topological polar surface area (TPSA) is 0 Å². The van der Waals surface area contributed by atoms with Gasteiger partial charge in [-0.15, -0.1) is 6.58 Å². The number of hydrogen-bond acceptors (Lipinski definition) is 0. The van der Waals surface area contributed by atoms with Crippen LogP contribution in [0.4, 0.5) is 0 Å². The summed E-state index contributed by atoms with van der Waals surface area (Å²) in [5, 5.41) is 0.158. The van der Waals surface area contributed by atoms with Crippen LogP contribution < -0.4 is 5.46 Å². The number of allylic oxidation sites excluding steroid dienone is 1. The van der Waals surface area contributed by atoms with E-state index in [0.29, 0.717) is 0 Å². The summed E-state index contributed by atoms with van der Waals surface area (Å²) in [4.78, 5) is 0. The lowest BCUT2D eigenvalue weighted by molar-refractivity contribution is 0.855. The highest BCUT2D eigenvalue weighted by Crippen LogP contribution is 2.23. The third-order valence-electron chi connectivity index (χ3n) is 3.55. The molecule has 0 aliphatic carbocycles. The first-order chi connectivity index (χ1) is 9.00. The highest BCUT2D eigenvalue weighted by Gasteiger charge is 2.15. The summed E-state index contributed by atoms with van der Waals surface area (Å²) in [6, 6.07) is 17.5. The molecule has 0 aliphatic heterocycles. The lowest BCUT2D eigenvalue weighted by Gasteiger charge is -2.18. The van der Waals surface area contributed by atoms with E-state index < -0.39 is 0 Å². The van der Waals surface area contributed by atoms with E-state index in [4.69, 9.17) is 0 Å². The molecular formula is C18H21B. The zero-order valence-electron chi connectivity index (χ0n) is 12.1. The van der Waals surface area contributed by atoms with Crippen LogP contribution in [-0.4, -0.2) is 7.28 Å². The summed E-state index contributed by atoms with van der Waals surface area (Å²) in [5.74, 6) is 0. The Bertz CT molecular complexity index is 547. The molecule has 0 fully saturated rings. The van der Waals surface area contributed by atoms with E-state index >= 15 is 0 Å². The molecule has 0 N–H and O–H groups in total. The first-order valence-corrected chi connectivity index (χ1v) is 6.80. The van der Waals surface area contributed by atoms with E-state index in [2.05, 4.69) is 75.9 Å². The smallest absolute Gasteiger partial charge is 0.103 e. The van der Waals surface area contributed by atoms with Crippen LogP contribution in [0.2, 0.25) is 5.31 Å². The Morgan fingerprint density at radius 2 is 1.37 bits per heavy atom. The molecule has 1 heteroatoms. The van der Waals surface area contributed by atoms with Crippen molar-refractivity contribution in [3.8, 4) is 11.1 Å². The van der Waals surface area contributed by atoms with Crippen molar-refractivity contribution in [2.45, 2.75) is 26.1 Å². The monoisotopic (exact) mass is 248 g/mol. The number of benzene rings is 2. The minimum Gasteiger partial charge on any atom is -0.103 e. The molecule has 0 amide bonds. The van der Waals surface area contributed by atoms with Gasteiger partial charge in [-0.05, 0) is 23.4 Å². The lowest BCUT2D eigenvalue weighted by Crippen LogP contribution is -2.23. The van der Waals surface area contributed by atoms with Gasteiger partial charge in [-0.25, -0.2) is 0 Å². The van der Waals surface area contributed by atoms with Crippen molar-refractivity contribution in [2.75, 3.05) is 0 Å². The average Bonchev–Trinajstić information content (AvgIpc) is 2.40. The molecule has 0 radical (unpaired) electrons. The predicted molar refractivity (Wildman–Crippen MR) is 87.6 cm³/mol. The lowest BCUT2D eigenvalue weighted by atomic mass is 9.50. The van der Waals surface area contributed by atoms with Gasteiger partial charge in [0.2, 0.25) is 0 Å². The van der Waals surface area contributed by atoms with Crippen molar-refractivity contribution in [2.24, 2.45) is 0 Å². The molecule has 0 heterocycles. The molecule has 96 valence electrons. The van der Waals surface area contributed by atoms with E-state index in [9.17, 15) is 0 Å². The maximum atomic E-state index is 3.90. The molecular weight excluding hydrogens is 227 g/mol. The second-order valence-corrected chi connectivity index (χ2v) is 5.93. The molecule has 0 spiro atoms. The summed E-state index contributed by atoms with van der Waals surface area (Å²) >= 11 is 0. The summed E-state index contributed by atoms with van der Waals surface area (Å²) < 4.78 is 0. The molecule has 0 atom stereocenters. The third kappa shape index (κ3) is 3.60. The van der Waals surface area contributed by atoms with E-state index in [0.717, 1.165) is 7.28 Å². The minimum atomic E-state index is 0.158. The van der Waals surface area contributed by atoms with Crippen molar-refractivity contribution < 1.29 is 0 Å². The van der Waals surface area contributed by atoms with Gasteiger partial charge in [0.1, 0.15) is 0 Å². The largest absolute Gasteiger partial charge is 0.167 e. The van der Waals surface area contributed by atoms with Gasteiger partial charge in [-0.1, -0.05) is 79.5 Å². The minimum absolute atomic E-state index is 0.158. The first-order valence-electron chi connectivity index (χ1n) is 6.80. The highest BCUT2D eigenvalue weighted by molar-refractivity contribution is 6.57. The maximum absolute atomic E-state index is 3.90. The summed E-state index contributed by atoms with van der Waals surface area (Å²) in [6.45, 7) is 10.4. The van der Waals surface area contributed by atoms with Crippen LogP contribution >= 0.6 is 0 Å². The number of hydrogen-bond donors (Lipinski definition) is 0. The van der Waals surface area contributed by atoms with Gasteiger partial charge in [0.05, 0.1) is 0 Å². The van der Waals surface area contributed by atoms with Crippen molar-refractivity contribution in [1.82, 2.24) is 0 Å². The van der Waals surface area contributed by atoms with Crippen molar-refractivity contribution >= 4 is 12.7 Å². The van der Waals surface area contributed by atoms with Crippen molar-refractivity contribution in [3.05, 3.63) is 66.7 Å². The highest BCUT2D eigenvalue weighted by atomic mass is 14.0. The first kappa shape index (κ1) is 13.7. The molecule has 2 rings (SSSR count). The van der Waals surface area contributed by atoms with E-state index in [-0.39, 0.29) is 5.31 Å². The van der Waals surface area contributed by atoms with Crippen LogP contribution in [0, 0.1) is 6.92 Å². The predicted octanol–water partition coefficient (Wildman–Crippen LogP) is 4.11. The fraction of sp³-hybridized carbons (Fsp3) is 0.222. The van der Waals surface area contributed by atoms with Gasteiger partial charge < -0.3 is 0 Å². The van der Waals surface area contributed by atoms with Crippen LogP contribution in [0.15, 0.2) is 61.2 Å². The molecule has 0 saturated heterocycles. The van der Waals surface area contributed by atoms with Gasteiger partial charge in [0.25, 0.3) is 0 Å². The number of aryl methyl sites for hydroxylation is 1. The van der Waals surface area contributed by atoms with Gasteiger partial charge in [-0.2, -0.15) is 0 Å². The maximum Gasteiger partial charge on any atom is 0.167 e. The van der Waals surface area contributed by atoms with Gasteiger partial charge in [0, 0.05) is 0 Å². The zero-order chi connectivity index (χ0) is 13.9. The van der Waals surface area contributed by atoms with Gasteiger partial charge in [-0.3, -0.25) is 0 Å². The fourth-order valence-electron chi connectivity index (χ4n) is 2.16. The second kappa shape index (κ2) is 5.48. The quantitative estimate of drug-likeness (QED) is 0.564. The SMILES string of the molecule is C=CC(C)(C)Bc1ccc(-c2ccc(C)cc2)cc1. The Morgan fingerprint density at radius 1 is 0.895 bits per heavy atom. The Morgan fingerprint density at radius 3 is 1.84 bits per heavy atom. The van der Waals surface area contributed by atoms with Crippen molar-refractivity contribution in [1.29, 1.82) is 0 Å². The van der Waals surface area contributed by atoms with Crippen LogP contribution in [0.5, 0.6) is 0 Å². The molecule has 0 aliphatic rings. The second-order valence-electron chi connectivity index (χ2n) is 5.93. The molecule has 0 bridgehead atoms. The van der Waals surface area contributed by atoms with E-state index in [1.807, 2.05) is 6.08 Å². The summed E-state index contributed by atoms with van der Waals surface area (Å²) in [7, 11) is 1.03. The molecule has 2 aromatic carbocycles. The summed E-state index contributed by atoms with van der Waals surface area (Å²) in [6.07, 6.45) is 2.03. The average molecular weight is 248 g/mol. The van der Waals surface area contributed by atoms with Gasteiger partial charge >= 0.3 is 0 Å². The Kier molecular flexibility index (Phi) is 3.94. The molecule has 0 aromatic heterocycles. The fourth-order valence-corrected chi connectivity index (χ4v) is 2.16. The van der Waals surface area contributed by atoms with E-state index in [1.54, 1.807) is 0 Å². The normalized spacial score (nSPS) is 11.1. The Hall–Kier alpha value is -1.76. The van der Waals surface area contributed by atoms with Crippen LogP contribution in [-0.2, 0) is 0 Å². The standard InChI is InChI=1S/C18H21B/c1-5-18(3,4)19-17-12-10-16(11-13-17)15-8-6-14(2)7-9-15/h5-13,19H,1H2,2-4H3. The number of rotatable bonds is 4. The van der Waals surface area contributed by atoms with Crippen molar-refractivity contribution in [3.63, 3.8) is 0 Å². The van der Waals surface area contributed by atoms with Crippen LogP contribution in [0.25, 0.3) is 11.1 Å². The Labute approximate surface area is 117 Å². The van der Waals surface area contributed by atoms with Crippen LogP contribution in [0.1, 0.15) is 19.4 Å². The molecule has 0 saturated carbocycles.